The first-order chi connectivity index (χ1) is 8.22. The van der Waals surface area contributed by atoms with Crippen LogP contribution in [0.3, 0.4) is 0 Å². The van der Waals surface area contributed by atoms with Crippen LogP contribution >= 0.6 is 15.9 Å². The molecule has 1 N–H and O–H groups in total. The fourth-order valence-corrected chi connectivity index (χ4v) is 2.55. The fraction of sp³-hybridized carbons (Fsp3) is 0.429. The van der Waals surface area contributed by atoms with Gasteiger partial charge in [-0.1, -0.05) is 28.1 Å². The summed E-state index contributed by atoms with van der Waals surface area (Å²) in [4.78, 5) is 2.44. The highest BCUT2D eigenvalue weighted by atomic mass is 79.9. The highest BCUT2D eigenvalue weighted by molar-refractivity contribution is 9.10. The van der Waals surface area contributed by atoms with Crippen LogP contribution in [0.1, 0.15) is 24.9 Å². The molecule has 0 saturated heterocycles. The molecule has 3 heteroatoms. The first kappa shape index (κ1) is 12.7. The average Bonchev–Trinajstić information content (AvgIpc) is 2.38. The fourth-order valence-electron chi connectivity index (χ4n) is 2.18. The second-order valence-electron chi connectivity index (χ2n) is 4.42. The number of nitrogens with zero attached hydrogens (tertiary/aromatic N) is 1. The van der Waals surface area contributed by atoms with Crippen molar-refractivity contribution >= 4 is 21.6 Å². The van der Waals surface area contributed by atoms with Crippen molar-refractivity contribution in [2.75, 3.05) is 25.0 Å². The van der Waals surface area contributed by atoms with E-state index in [1.165, 1.54) is 11.3 Å². The van der Waals surface area contributed by atoms with Gasteiger partial charge in [-0.05, 0) is 44.2 Å². The summed E-state index contributed by atoms with van der Waals surface area (Å²) >= 11 is 3.56. The molecule has 0 aromatic heterocycles. The largest absolute Gasteiger partial charge is 0.367 e. The summed E-state index contributed by atoms with van der Waals surface area (Å²) in [5, 5.41) is 3.32. The first-order valence-corrected chi connectivity index (χ1v) is 6.88. The van der Waals surface area contributed by atoms with Crippen LogP contribution in [0, 0.1) is 0 Å². The molecular formula is C14H19BrN2. The van der Waals surface area contributed by atoms with Gasteiger partial charge in [-0.3, -0.25) is 0 Å². The van der Waals surface area contributed by atoms with Crippen LogP contribution in [0.25, 0.3) is 0 Å². The number of hydrogen-bond acceptors (Lipinski definition) is 2. The third-order valence-corrected chi connectivity index (χ3v) is 3.78. The number of benzene rings is 1. The quantitative estimate of drug-likeness (QED) is 0.859. The van der Waals surface area contributed by atoms with Crippen LogP contribution in [0.4, 0.5) is 5.69 Å². The van der Waals surface area contributed by atoms with Gasteiger partial charge in [-0.2, -0.15) is 0 Å². The first-order valence-electron chi connectivity index (χ1n) is 6.09. The summed E-state index contributed by atoms with van der Waals surface area (Å²) in [5.74, 6) is 0. The monoisotopic (exact) mass is 294 g/mol. The van der Waals surface area contributed by atoms with E-state index < -0.39 is 0 Å². The van der Waals surface area contributed by atoms with Crippen LogP contribution in [-0.2, 0) is 0 Å². The highest BCUT2D eigenvalue weighted by Crippen LogP contribution is 2.30. The lowest BCUT2D eigenvalue weighted by atomic mass is 10.0. The predicted molar refractivity (Wildman–Crippen MR) is 77.6 cm³/mol. The van der Waals surface area contributed by atoms with E-state index in [1.54, 1.807) is 0 Å². The van der Waals surface area contributed by atoms with Crippen molar-refractivity contribution in [2.24, 2.45) is 0 Å². The molecule has 17 heavy (non-hydrogen) atoms. The topological polar surface area (TPSA) is 15.3 Å². The average molecular weight is 295 g/mol. The SMILES string of the molecule is CNC(C)c1cc(Br)ccc1N1CC=CCC1. The Hall–Kier alpha value is -0.800. The van der Waals surface area contributed by atoms with Crippen molar-refractivity contribution in [3.05, 3.63) is 40.4 Å². The number of nitrogens with one attached hydrogen (secondary N) is 1. The van der Waals surface area contributed by atoms with Crippen molar-refractivity contribution in [1.82, 2.24) is 5.32 Å². The molecule has 0 radical (unpaired) electrons. The van der Waals surface area contributed by atoms with E-state index in [1.807, 2.05) is 7.05 Å². The zero-order valence-corrected chi connectivity index (χ0v) is 12.0. The molecule has 1 unspecified atom stereocenters. The number of hydrogen-bond donors (Lipinski definition) is 1. The minimum Gasteiger partial charge on any atom is -0.367 e. The molecule has 0 amide bonds. The van der Waals surface area contributed by atoms with Crippen molar-refractivity contribution in [2.45, 2.75) is 19.4 Å². The molecule has 1 aromatic rings. The van der Waals surface area contributed by atoms with E-state index >= 15 is 0 Å². The van der Waals surface area contributed by atoms with Gasteiger partial charge in [0.2, 0.25) is 0 Å². The Labute approximate surface area is 112 Å². The van der Waals surface area contributed by atoms with Gasteiger partial charge in [0.05, 0.1) is 0 Å². The maximum Gasteiger partial charge on any atom is 0.0418 e. The third-order valence-electron chi connectivity index (χ3n) is 3.29. The highest BCUT2D eigenvalue weighted by Gasteiger charge is 2.15. The zero-order valence-electron chi connectivity index (χ0n) is 10.4. The number of anilines is 1. The lowest BCUT2D eigenvalue weighted by molar-refractivity contribution is 0.647. The van der Waals surface area contributed by atoms with Gasteiger partial charge in [-0.25, -0.2) is 0 Å². The molecule has 1 heterocycles. The van der Waals surface area contributed by atoms with Gasteiger partial charge in [0, 0.05) is 29.3 Å². The van der Waals surface area contributed by atoms with Crippen molar-refractivity contribution < 1.29 is 0 Å². The molecule has 1 aliphatic heterocycles. The molecule has 0 saturated carbocycles. The predicted octanol–water partition coefficient (Wildman–Crippen LogP) is 3.50. The Morgan fingerprint density at radius 3 is 2.82 bits per heavy atom. The normalized spacial score (nSPS) is 17.2. The van der Waals surface area contributed by atoms with Gasteiger partial charge in [0.1, 0.15) is 0 Å². The number of rotatable bonds is 3. The minimum atomic E-state index is 0.369. The summed E-state index contributed by atoms with van der Waals surface area (Å²) in [7, 11) is 2.01. The van der Waals surface area contributed by atoms with Gasteiger partial charge in [-0.15, -0.1) is 0 Å². The molecular weight excluding hydrogens is 276 g/mol. The Morgan fingerprint density at radius 2 is 2.18 bits per heavy atom. The van der Waals surface area contributed by atoms with Crippen LogP contribution in [0.5, 0.6) is 0 Å². The lowest BCUT2D eigenvalue weighted by Gasteiger charge is -2.29. The third kappa shape index (κ3) is 2.90. The van der Waals surface area contributed by atoms with Crippen molar-refractivity contribution in [3.8, 4) is 0 Å². The molecule has 0 fully saturated rings. The van der Waals surface area contributed by atoms with E-state index in [4.69, 9.17) is 0 Å². The molecule has 1 aromatic carbocycles. The standard InChI is InChI=1S/C14H19BrN2/c1-11(16-2)13-10-12(15)6-7-14(13)17-8-4-3-5-9-17/h3-4,6-7,10-11,16H,5,8-9H2,1-2H3. The van der Waals surface area contributed by atoms with Crippen molar-refractivity contribution in [3.63, 3.8) is 0 Å². The molecule has 1 aliphatic rings. The molecule has 2 nitrogen and oxygen atoms in total. The van der Waals surface area contributed by atoms with Gasteiger partial charge in [0.25, 0.3) is 0 Å². The zero-order chi connectivity index (χ0) is 12.3. The van der Waals surface area contributed by atoms with E-state index in [9.17, 15) is 0 Å². The second-order valence-corrected chi connectivity index (χ2v) is 5.34. The van der Waals surface area contributed by atoms with Crippen molar-refractivity contribution in [1.29, 1.82) is 0 Å². The van der Waals surface area contributed by atoms with E-state index in [0.29, 0.717) is 6.04 Å². The van der Waals surface area contributed by atoms with E-state index in [-0.39, 0.29) is 0 Å². The van der Waals surface area contributed by atoms with Crippen LogP contribution in [-0.4, -0.2) is 20.1 Å². The van der Waals surface area contributed by atoms with Gasteiger partial charge in [0.15, 0.2) is 0 Å². The van der Waals surface area contributed by atoms with Crippen LogP contribution in [0.2, 0.25) is 0 Å². The maximum atomic E-state index is 3.56. The van der Waals surface area contributed by atoms with E-state index in [0.717, 1.165) is 24.0 Å². The van der Waals surface area contributed by atoms with Crippen LogP contribution < -0.4 is 10.2 Å². The molecule has 0 spiro atoms. The Kier molecular flexibility index (Phi) is 4.24. The minimum absolute atomic E-state index is 0.369. The maximum absolute atomic E-state index is 3.56. The number of halogens is 1. The summed E-state index contributed by atoms with van der Waals surface area (Å²) in [6.45, 7) is 4.33. The Balaban J connectivity index is 2.34. The van der Waals surface area contributed by atoms with E-state index in [2.05, 4.69) is 63.4 Å². The smallest absolute Gasteiger partial charge is 0.0418 e. The summed E-state index contributed by atoms with van der Waals surface area (Å²) < 4.78 is 1.14. The summed E-state index contributed by atoms with van der Waals surface area (Å²) in [6.07, 6.45) is 5.65. The Morgan fingerprint density at radius 1 is 1.35 bits per heavy atom. The van der Waals surface area contributed by atoms with Gasteiger partial charge >= 0.3 is 0 Å². The lowest BCUT2D eigenvalue weighted by Crippen LogP contribution is -2.29. The summed E-state index contributed by atoms with van der Waals surface area (Å²) in [5.41, 5.74) is 2.71. The molecule has 0 bridgehead atoms. The van der Waals surface area contributed by atoms with Gasteiger partial charge < -0.3 is 10.2 Å². The second kappa shape index (κ2) is 5.69. The van der Waals surface area contributed by atoms with Crippen LogP contribution in [0.15, 0.2) is 34.8 Å². The summed E-state index contributed by atoms with van der Waals surface area (Å²) in [6, 6.07) is 6.93. The molecule has 92 valence electrons. The molecule has 2 rings (SSSR count). The molecule has 0 aliphatic carbocycles. The molecule has 1 atom stereocenters. The Bertz CT molecular complexity index is 415.